The molecule has 0 saturated heterocycles. The monoisotopic (exact) mass is 423 g/mol. The van der Waals surface area contributed by atoms with Gasteiger partial charge in [0.15, 0.2) is 5.90 Å². The van der Waals surface area contributed by atoms with Gasteiger partial charge in [0, 0.05) is 0 Å². The predicted molar refractivity (Wildman–Crippen MR) is 104 cm³/mol. The van der Waals surface area contributed by atoms with Gasteiger partial charge in [-0.25, -0.2) is 0 Å². The van der Waals surface area contributed by atoms with Gasteiger partial charge in [0.25, 0.3) is 0 Å². The summed E-state index contributed by atoms with van der Waals surface area (Å²) in [5, 5.41) is 0. The average Bonchev–Trinajstić information content (AvgIpc) is 2.56. The van der Waals surface area contributed by atoms with E-state index in [0.29, 0.717) is 26.4 Å². The summed E-state index contributed by atoms with van der Waals surface area (Å²) in [6.45, 7) is 9.40. The smallest absolute Gasteiger partial charge is 0.308 e. The van der Waals surface area contributed by atoms with Crippen molar-refractivity contribution in [1.82, 2.24) is 0 Å². The predicted octanol–water partition coefficient (Wildman–Crippen LogP) is 3.60. The van der Waals surface area contributed by atoms with E-state index in [9.17, 15) is 9.13 Å². The summed E-state index contributed by atoms with van der Waals surface area (Å²) in [7, 11) is -7.02. The van der Waals surface area contributed by atoms with Crippen LogP contribution in [0.15, 0.2) is 0 Å². The molecule has 0 rings (SSSR count). The Hall–Kier alpha value is 1.30. The fourth-order valence-electron chi connectivity index (χ4n) is 1.84. The Labute approximate surface area is 182 Å². The summed E-state index contributed by atoms with van der Waals surface area (Å²) in [4.78, 5) is 0. The number of unbranched alkanes of at least 4 members (excludes halogenated alkanes) is 4. The van der Waals surface area contributed by atoms with Crippen molar-refractivity contribution in [2.75, 3.05) is 32.3 Å². The van der Waals surface area contributed by atoms with Crippen molar-refractivity contribution in [2.45, 2.75) is 79.1 Å². The maximum absolute atomic E-state index is 13.1. The Balaban J connectivity index is 0. The van der Waals surface area contributed by atoms with Crippen LogP contribution in [-0.4, -0.2) is 32.3 Å². The molecule has 0 bridgehead atoms. The molecule has 0 aromatic heterocycles. The van der Waals surface area contributed by atoms with Gasteiger partial charge in [0.2, 0.25) is 0 Å². The molecule has 9 heteroatoms. The van der Waals surface area contributed by atoms with Gasteiger partial charge in [0.05, 0.1) is 26.4 Å². The van der Waals surface area contributed by atoms with E-state index in [4.69, 9.17) is 18.1 Å². The van der Waals surface area contributed by atoms with Crippen LogP contribution < -0.4 is 29.6 Å². The van der Waals surface area contributed by atoms with E-state index in [2.05, 4.69) is 0 Å². The summed E-state index contributed by atoms with van der Waals surface area (Å²) in [5.74, 6) is -0.305. The third kappa shape index (κ3) is 15.2. The maximum atomic E-state index is 13.1. The molecule has 0 aliphatic carbocycles. The van der Waals surface area contributed by atoms with Crippen molar-refractivity contribution >= 4 is 15.2 Å². The largest absolute Gasteiger partial charge is 1.00 e. The van der Waals surface area contributed by atoms with Crippen molar-refractivity contribution in [3.05, 3.63) is 0 Å². The van der Waals surface area contributed by atoms with E-state index in [1.165, 1.54) is 0 Å². The Morgan fingerprint density at radius 1 is 0.538 bits per heavy atom. The summed E-state index contributed by atoms with van der Waals surface area (Å²) >= 11 is 0. The van der Waals surface area contributed by atoms with Crippen LogP contribution in [0.25, 0.3) is 0 Å². The standard InChI is InChI=1S/C17H38O6P2.Na/c1-5-9-13-20-24(18,21-14-10-6-2)17-25(19,22-15-11-7-3)23-16-12-8-4;/h5-17H2,1-4H3;/q;+1. The molecule has 0 N–H and O–H groups in total. The van der Waals surface area contributed by atoms with Crippen molar-refractivity contribution in [1.29, 1.82) is 0 Å². The van der Waals surface area contributed by atoms with Crippen LogP contribution in [-0.2, 0) is 27.2 Å². The zero-order valence-electron chi connectivity index (χ0n) is 17.5. The zero-order valence-corrected chi connectivity index (χ0v) is 21.3. The molecule has 0 spiro atoms. The summed E-state index contributed by atoms with van der Waals surface area (Å²) in [6.07, 6.45) is 6.80. The van der Waals surface area contributed by atoms with Crippen LogP contribution in [0.2, 0.25) is 0 Å². The number of hydrogen-bond acceptors (Lipinski definition) is 6. The van der Waals surface area contributed by atoms with Crippen LogP contribution >= 0.6 is 15.2 Å². The quantitative estimate of drug-likeness (QED) is 0.191. The van der Waals surface area contributed by atoms with Gasteiger partial charge in [-0.2, -0.15) is 0 Å². The van der Waals surface area contributed by atoms with Crippen LogP contribution in [0.5, 0.6) is 0 Å². The second kappa shape index (κ2) is 18.3. The molecule has 26 heavy (non-hydrogen) atoms. The molecular formula is C17H38NaO6P2+. The molecule has 0 saturated carbocycles. The van der Waals surface area contributed by atoms with E-state index < -0.39 is 15.2 Å². The summed E-state index contributed by atoms with van der Waals surface area (Å²) in [5.41, 5.74) is 0. The normalized spacial score (nSPS) is 12.2. The Kier molecular flexibility index (Phi) is 20.8. The molecular weight excluding hydrogens is 385 g/mol. The van der Waals surface area contributed by atoms with Crippen molar-refractivity contribution in [3.63, 3.8) is 0 Å². The topological polar surface area (TPSA) is 71.1 Å². The first-order valence-electron chi connectivity index (χ1n) is 9.71. The molecule has 0 aliphatic heterocycles. The zero-order chi connectivity index (χ0) is 19.0. The van der Waals surface area contributed by atoms with Gasteiger partial charge in [0.1, 0.15) is 0 Å². The Morgan fingerprint density at radius 3 is 0.962 bits per heavy atom. The fraction of sp³-hybridized carbons (Fsp3) is 1.00. The molecule has 0 amide bonds. The van der Waals surface area contributed by atoms with Crippen LogP contribution in [0.1, 0.15) is 79.1 Å². The number of hydrogen-bond donors (Lipinski definition) is 0. The van der Waals surface area contributed by atoms with Gasteiger partial charge in [-0.05, 0) is 25.7 Å². The first kappa shape index (κ1) is 29.5. The molecule has 0 unspecified atom stereocenters. The van der Waals surface area contributed by atoms with Gasteiger partial charge < -0.3 is 18.1 Å². The minimum absolute atomic E-state index is 0. The van der Waals surface area contributed by atoms with Crippen molar-refractivity contribution < 1.29 is 56.8 Å². The second-order valence-corrected chi connectivity index (χ2v) is 10.7. The van der Waals surface area contributed by atoms with Gasteiger partial charge >= 0.3 is 44.7 Å². The summed E-state index contributed by atoms with van der Waals surface area (Å²) < 4.78 is 48.2. The minimum Gasteiger partial charge on any atom is -0.308 e. The van der Waals surface area contributed by atoms with Gasteiger partial charge in [-0.3, -0.25) is 9.13 Å². The third-order valence-electron chi connectivity index (χ3n) is 3.49. The third-order valence-corrected chi connectivity index (χ3v) is 8.57. The molecule has 0 atom stereocenters. The van der Waals surface area contributed by atoms with Crippen molar-refractivity contribution in [3.8, 4) is 0 Å². The van der Waals surface area contributed by atoms with Gasteiger partial charge in [-0.15, -0.1) is 0 Å². The van der Waals surface area contributed by atoms with Crippen LogP contribution in [0.3, 0.4) is 0 Å². The van der Waals surface area contributed by atoms with Crippen LogP contribution in [0, 0.1) is 0 Å². The van der Waals surface area contributed by atoms with E-state index in [1.807, 2.05) is 27.7 Å². The van der Waals surface area contributed by atoms with E-state index in [0.717, 1.165) is 51.4 Å². The summed E-state index contributed by atoms with van der Waals surface area (Å²) in [6, 6.07) is 0. The van der Waals surface area contributed by atoms with E-state index in [1.54, 1.807) is 0 Å². The molecule has 0 aliphatic rings. The molecule has 152 valence electrons. The van der Waals surface area contributed by atoms with E-state index >= 15 is 0 Å². The molecule has 0 aromatic carbocycles. The average molecular weight is 423 g/mol. The fourth-order valence-corrected chi connectivity index (χ4v) is 6.62. The van der Waals surface area contributed by atoms with E-state index in [-0.39, 0.29) is 35.5 Å². The molecule has 0 radical (unpaired) electrons. The SMILES string of the molecule is CCCCOP(=O)(CP(=O)(OCCCC)OCCCC)OCCCC.[Na+]. The molecule has 0 aromatic rings. The molecule has 0 fully saturated rings. The number of rotatable bonds is 18. The first-order chi connectivity index (χ1) is 11.9. The minimum atomic E-state index is -3.51. The Bertz CT molecular complexity index is 345. The molecule has 6 nitrogen and oxygen atoms in total. The first-order valence-corrected chi connectivity index (χ1v) is 13.2. The van der Waals surface area contributed by atoms with Crippen molar-refractivity contribution in [2.24, 2.45) is 0 Å². The van der Waals surface area contributed by atoms with Crippen LogP contribution in [0.4, 0.5) is 0 Å². The van der Waals surface area contributed by atoms with Gasteiger partial charge in [-0.1, -0.05) is 53.4 Å². The Morgan fingerprint density at radius 2 is 0.769 bits per heavy atom. The second-order valence-electron chi connectivity index (χ2n) is 6.11. The maximum Gasteiger partial charge on any atom is 1.00 e. The molecule has 0 heterocycles.